The van der Waals surface area contributed by atoms with Crippen LogP contribution in [0.1, 0.15) is 11.1 Å². The van der Waals surface area contributed by atoms with E-state index < -0.39 is 0 Å². The Morgan fingerprint density at radius 3 is 1.92 bits per heavy atom. The van der Waals surface area contributed by atoms with E-state index in [1.54, 1.807) is 0 Å². The molecule has 0 radical (unpaired) electrons. The molecule has 3 heterocycles. The van der Waals surface area contributed by atoms with Crippen LogP contribution in [0.2, 0.25) is 0 Å². The molecule has 190 valence electrons. The standard InChI is InChI=1S/C33H28N6/c1-38-17-19-39(20-18-38)27-14-16-29-31(22-27)37-33(35-29)26-13-15-28-30(21-26)36-32(34-28)25-11-9-24(10-12-25)8-7-23-5-3-2-4-6-23/h2-6,9-16,21-22H,17-20H2,1H3,(H,34,36)(H,35,37). The van der Waals surface area contributed by atoms with Crippen LogP contribution in [0.5, 0.6) is 0 Å². The van der Waals surface area contributed by atoms with E-state index in [0.717, 1.165) is 82.1 Å². The molecule has 4 aromatic carbocycles. The molecule has 0 saturated carbocycles. The number of rotatable bonds is 3. The highest BCUT2D eigenvalue weighted by molar-refractivity contribution is 5.87. The van der Waals surface area contributed by atoms with Crippen LogP contribution in [0.3, 0.4) is 0 Å². The lowest BCUT2D eigenvalue weighted by Crippen LogP contribution is -2.44. The molecule has 7 rings (SSSR count). The van der Waals surface area contributed by atoms with Crippen LogP contribution in [-0.2, 0) is 0 Å². The number of H-pyrrole nitrogens is 2. The first-order valence-electron chi connectivity index (χ1n) is 13.3. The van der Waals surface area contributed by atoms with Crippen molar-refractivity contribution < 1.29 is 0 Å². The molecule has 0 unspecified atom stereocenters. The zero-order valence-corrected chi connectivity index (χ0v) is 21.8. The molecular formula is C33H28N6. The molecule has 1 fully saturated rings. The van der Waals surface area contributed by atoms with E-state index in [1.165, 1.54) is 5.69 Å². The number of piperazine rings is 1. The summed E-state index contributed by atoms with van der Waals surface area (Å²) >= 11 is 0. The molecule has 1 saturated heterocycles. The van der Waals surface area contributed by atoms with E-state index in [0.29, 0.717) is 0 Å². The Labute approximate surface area is 227 Å². The minimum atomic E-state index is 0.839. The van der Waals surface area contributed by atoms with Gasteiger partial charge in [-0.05, 0) is 67.7 Å². The van der Waals surface area contributed by atoms with Crippen molar-refractivity contribution in [2.45, 2.75) is 0 Å². The molecule has 2 aromatic heterocycles. The van der Waals surface area contributed by atoms with Gasteiger partial charge in [-0.1, -0.05) is 42.2 Å². The zero-order chi connectivity index (χ0) is 26.2. The summed E-state index contributed by atoms with van der Waals surface area (Å²) in [5.41, 5.74) is 9.22. The van der Waals surface area contributed by atoms with Crippen LogP contribution >= 0.6 is 0 Å². The number of aromatic nitrogens is 4. The Morgan fingerprint density at radius 2 is 1.21 bits per heavy atom. The smallest absolute Gasteiger partial charge is 0.138 e. The van der Waals surface area contributed by atoms with Crippen LogP contribution in [0.25, 0.3) is 44.8 Å². The first-order valence-corrected chi connectivity index (χ1v) is 13.3. The van der Waals surface area contributed by atoms with E-state index in [1.807, 2.05) is 48.5 Å². The summed E-state index contributed by atoms with van der Waals surface area (Å²) < 4.78 is 0. The lowest BCUT2D eigenvalue weighted by molar-refractivity contribution is 0.313. The molecule has 0 amide bonds. The number of hydrogen-bond acceptors (Lipinski definition) is 4. The zero-order valence-electron chi connectivity index (χ0n) is 21.8. The number of likely N-dealkylation sites (N-methyl/N-ethyl adjacent to an activating group) is 1. The molecule has 1 aliphatic rings. The minimum Gasteiger partial charge on any atom is -0.369 e. The monoisotopic (exact) mass is 508 g/mol. The number of imidazole rings is 2. The topological polar surface area (TPSA) is 63.8 Å². The molecule has 6 aromatic rings. The third-order valence-corrected chi connectivity index (χ3v) is 7.37. The number of aromatic amines is 2. The molecule has 0 spiro atoms. The minimum absolute atomic E-state index is 0.839. The van der Waals surface area contributed by atoms with Crippen molar-refractivity contribution in [2.24, 2.45) is 0 Å². The summed E-state index contributed by atoms with van der Waals surface area (Å²) in [7, 11) is 2.18. The van der Waals surface area contributed by atoms with Gasteiger partial charge in [0.05, 0.1) is 22.1 Å². The van der Waals surface area contributed by atoms with Gasteiger partial charge in [-0.25, -0.2) is 9.97 Å². The first-order chi connectivity index (χ1) is 19.2. The van der Waals surface area contributed by atoms with E-state index >= 15 is 0 Å². The Kier molecular flexibility index (Phi) is 5.84. The fraction of sp³-hybridized carbons (Fsp3) is 0.152. The van der Waals surface area contributed by atoms with Crippen LogP contribution in [-0.4, -0.2) is 58.1 Å². The van der Waals surface area contributed by atoms with Gasteiger partial charge < -0.3 is 19.8 Å². The third-order valence-electron chi connectivity index (χ3n) is 7.37. The fourth-order valence-electron chi connectivity index (χ4n) is 5.07. The summed E-state index contributed by atoms with van der Waals surface area (Å²) in [4.78, 5) is 21.5. The van der Waals surface area contributed by atoms with Crippen LogP contribution < -0.4 is 4.90 Å². The molecule has 39 heavy (non-hydrogen) atoms. The lowest BCUT2D eigenvalue weighted by Gasteiger charge is -2.34. The predicted octanol–water partition coefficient (Wildman–Crippen LogP) is 5.92. The average molecular weight is 509 g/mol. The van der Waals surface area contributed by atoms with Crippen molar-refractivity contribution in [3.05, 3.63) is 102 Å². The maximum Gasteiger partial charge on any atom is 0.138 e. The van der Waals surface area contributed by atoms with Crippen molar-refractivity contribution in [1.82, 2.24) is 24.8 Å². The molecule has 6 nitrogen and oxygen atoms in total. The van der Waals surface area contributed by atoms with Gasteiger partial charge in [0.15, 0.2) is 0 Å². The Balaban J connectivity index is 1.13. The van der Waals surface area contributed by atoms with Gasteiger partial charge in [0, 0.05) is 54.1 Å². The van der Waals surface area contributed by atoms with Gasteiger partial charge in [0.25, 0.3) is 0 Å². The summed E-state index contributed by atoms with van der Waals surface area (Å²) in [5.74, 6) is 8.14. The number of hydrogen-bond donors (Lipinski definition) is 2. The van der Waals surface area contributed by atoms with E-state index in [9.17, 15) is 0 Å². The first kappa shape index (κ1) is 23.3. The van der Waals surface area contributed by atoms with Gasteiger partial charge in [-0.3, -0.25) is 0 Å². The van der Waals surface area contributed by atoms with Crippen molar-refractivity contribution in [3.8, 4) is 34.6 Å². The molecule has 0 bridgehead atoms. The van der Waals surface area contributed by atoms with Crippen LogP contribution in [0, 0.1) is 11.8 Å². The Hall–Kier alpha value is -4.86. The van der Waals surface area contributed by atoms with Crippen molar-refractivity contribution in [2.75, 3.05) is 38.1 Å². The van der Waals surface area contributed by atoms with E-state index in [2.05, 4.69) is 81.1 Å². The Bertz CT molecular complexity index is 1830. The molecule has 0 atom stereocenters. The summed E-state index contributed by atoms with van der Waals surface area (Å²) in [6.45, 7) is 4.27. The quantitative estimate of drug-likeness (QED) is 0.291. The summed E-state index contributed by atoms with van der Waals surface area (Å²) in [6.07, 6.45) is 0. The van der Waals surface area contributed by atoms with E-state index in [-0.39, 0.29) is 0 Å². The molecule has 6 heteroatoms. The number of benzene rings is 4. The largest absolute Gasteiger partial charge is 0.369 e. The second kappa shape index (κ2) is 9.79. The Morgan fingerprint density at radius 1 is 0.615 bits per heavy atom. The highest BCUT2D eigenvalue weighted by Gasteiger charge is 2.16. The van der Waals surface area contributed by atoms with Crippen LogP contribution in [0.15, 0.2) is 91.0 Å². The highest BCUT2D eigenvalue weighted by Crippen LogP contribution is 2.28. The van der Waals surface area contributed by atoms with Crippen molar-refractivity contribution in [1.29, 1.82) is 0 Å². The number of nitrogens with zero attached hydrogens (tertiary/aromatic N) is 4. The van der Waals surface area contributed by atoms with Crippen molar-refractivity contribution >= 4 is 27.8 Å². The number of anilines is 1. The normalized spacial score (nSPS) is 14.0. The maximum absolute atomic E-state index is 4.87. The summed E-state index contributed by atoms with van der Waals surface area (Å²) in [5, 5.41) is 0. The van der Waals surface area contributed by atoms with Gasteiger partial charge in [-0.2, -0.15) is 0 Å². The predicted molar refractivity (Wildman–Crippen MR) is 159 cm³/mol. The second-order valence-corrected chi connectivity index (χ2v) is 10.1. The van der Waals surface area contributed by atoms with Crippen molar-refractivity contribution in [3.63, 3.8) is 0 Å². The van der Waals surface area contributed by atoms with Gasteiger partial charge in [0.1, 0.15) is 11.6 Å². The third kappa shape index (κ3) is 4.76. The lowest BCUT2D eigenvalue weighted by atomic mass is 10.1. The number of nitrogens with one attached hydrogen (secondary N) is 2. The molecule has 2 N–H and O–H groups in total. The van der Waals surface area contributed by atoms with Gasteiger partial charge in [0.2, 0.25) is 0 Å². The average Bonchev–Trinajstić information content (AvgIpc) is 3.61. The maximum atomic E-state index is 4.87. The molecule has 0 aliphatic carbocycles. The number of fused-ring (bicyclic) bond motifs is 2. The molecular weight excluding hydrogens is 480 g/mol. The summed E-state index contributed by atoms with van der Waals surface area (Å²) in [6, 6.07) is 31.0. The fourth-order valence-corrected chi connectivity index (χ4v) is 5.07. The van der Waals surface area contributed by atoms with E-state index in [4.69, 9.17) is 9.97 Å². The van der Waals surface area contributed by atoms with Gasteiger partial charge in [-0.15, -0.1) is 0 Å². The van der Waals surface area contributed by atoms with Gasteiger partial charge >= 0.3 is 0 Å². The molecule has 1 aliphatic heterocycles. The highest BCUT2D eigenvalue weighted by atomic mass is 15.2. The van der Waals surface area contributed by atoms with Crippen LogP contribution in [0.4, 0.5) is 5.69 Å². The second-order valence-electron chi connectivity index (χ2n) is 10.1. The SMILES string of the molecule is CN1CCN(c2ccc3nc(-c4ccc5nc(-c6ccc(C#Cc7ccccc7)cc6)[nH]c5c4)[nH]c3c2)CC1.